The number of methoxy groups -OCH3 is 3. The Kier molecular flexibility index (Phi) is 9.48. The fraction of sp³-hybridized carbons (Fsp3) is 0.500. The third kappa shape index (κ3) is 5.98. The Bertz CT molecular complexity index is 572. The van der Waals surface area contributed by atoms with Crippen molar-refractivity contribution in [3.05, 3.63) is 29.8 Å². The Morgan fingerprint density at radius 3 is 2.16 bits per heavy atom. The van der Waals surface area contributed by atoms with Gasteiger partial charge in [0.05, 0.1) is 21.3 Å². The predicted octanol–water partition coefficient (Wildman–Crippen LogP) is 2.76. The number of nitrogens with one attached hydrogen (secondary N) is 2. The van der Waals surface area contributed by atoms with Gasteiger partial charge in [0.25, 0.3) is 0 Å². The van der Waals surface area contributed by atoms with Crippen LogP contribution in [-0.4, -0.2) is 46.9 Å². The number of guanidine groups is 1. The van der Waals surface area contributed by atoms with E-state index in [9.17, 15) is 0 Å². The first kappa shape index (κ1) is 21.4. The van der Waals surface area contributed by atoms with Crippen molar-refractivity contribution in [2.45, 2.75) is 25.3 Å². The predicted molar refractivity (Wildman–Crippen MR) is 112 cm³/mol. The van der Waals surface area contributed by atoms with E-state index < -0.39 is 0 Å². The molecule has 2 rings (SSSR count). The molecule has 0 radical (unpaired) electrons. The summed E-state index contributed by atoms with van der Waals surface area (Å²) in [5.74, 6) is 3.05. The maximum absolute atomic E-state index is 5.48. The summed E-state index contributed by atoms with van der Waals surface area (Å²) in [6.07, 6.45) is 7.22. The van der Waals surface area contributed by atoms with Gasteiger partial charge in [0, 0.05) is 37.3 Å². The van der Waals surface area contributed by atoms with Crippen molar-refractivity contribution in [1.29, 1.82) is 0 Å². The van der Waals surface area contributed by atoms with E-state index in [1.807, 2.05) is 12.1 Å². The van der Waals surface area contributed by atoms with Crippen molar-refractivity contribution < 1.29 is 14.2 Å². The Labute approximate surface area is 167 Å². The summed E-state index contributed by atoms with van der Waals surface area (Å²) in [6.45, 7) is 0.721. The van der Waals surface area contributed by atoms with Crippen LogP contribution in [0.25, 0.3) is 0 Å². The lowest BCUT2D eigenvalue weighted by Gasteiger charge is -2.18. The summed E-state index contributed by atoms with van der Waals surface area (Å²) in [5, 5.41) is 6.77. The number of halogens is 1. The molecule has 0 saturated carbocycles. The summed E-state index contributed by atoms with van der Waals surface area (Å²) in [6, 6.07) is 4.17. The van der Waals surface area contributed by atoms with Crippen LogP contribution in [0.4, 0.5) is 0 Å². The molecule has 0 unspecified atom stereocenters. The summed E-state index contributed by atoms with van der Waals surface area (Å²) in [7, 11) is 6.71. The van der Waals surface area contributed by atoms with Gasteiger partial charge in [-0.1, -0.05) is 12.2 Å². The highest BCUT2D eigenvalue weighted by atomic mass is 127. The molecule has 0 atom stereocenters. The van der Waals surface area contributed by atoms with Crippen molar-refractivity contribution in [3.8, 4) is 17.2 Å². The molecule has 1 aromatic carbocycles. The minimum Gasteiger partial charge on any atom is -0.496 e. The number of hydrogen-bond donors (Lipinski definition) is 2. The second-order valence-electron chi connectivity index (χ2n) is 5.54. The van der Waals surface area contributed by atoms with Crippen molar-refractivity contribution in [2.24, 2.45) is 4.99 Å². The van der Waals surface area contributed by atoms with Gasteiger partial charge < -0.3 is 24.8 Å². The molecular formula is C18H28IN3O3. The number of benzene rings is 1. The lowest BCUT2D eigenvalue weighted by atomic mass is 10.1. The van der Waals surface area contributed by atoms with Crippen molar-refractivity contribution in [2.75, 3.05) is 34.9 Å². The standard InChI is InChI=1S/C18H27N3O3.HI/c1-19-18(21-13-7-5-6-8-13)20-10-9-15-16(23-3)11-14(22-2)12-17(15)24-4;/h5-6,11-13H,7-10H2,1-4H3,(H2,19,20,21);1H. The molecule has 1 aliphatic rings. The maximum Gasteiger partial charge on any atom is 0.191 e. The normalized spacial score (nSPS) is 14.0. The van der Waals surface area contributed by atoms with Gasteiger partial charge in [-0.2, -0.15) is 0 Å². The van der Waals surface area contributed by atoms with Crippen LogP contribution < -0.4 is 24.8 Å². The lowest BCUT2D eigenvalue weighted by molar-refractivity contribution is 0.368. The van der Waals surface area contributed by atoms with Gasteiger partial charge in [0.2, 0.25) is 0 Å². The third-order valence-corrected chi connectivity index (χ3v) is 4.06. The van der Waals surface area contributed by atoms with E-state index in [1.165, 1.54) is 0 Å². The van der Waals surface area contributed by atoms with E-state index in [1.54, 1.807) is 28.4 Å². The molecule has 25 heavy (non-hydrogen) atoms. The summed E-state index contributed by atoms with van der Waals surface area (Å²) < 4.78 is 16.2. The summed E-state index contributed by atoms with van der Waals surface area (Å²) in [5.41, 5.74) is 1.01. The number of hydrogen-bond acceptors (Lipinski definition) is 4. The first-order valence-corrected chi connectivity index (χ1v) is 8.12. The highest BCUT2D eigenvalue weighted by Crippen LogP contribution is 2.34. The van der Waals surface area contributed by atoms with E-state index in [0.717, 1.165) is 48.8 Å². The highest BCUT2D eigenvalue weighted by molar-refractivity contribution is 14.0. The molecule has 2 N–H and O–H groups in total. The summed E-state index contributed by atoms with van der Waals surface area (Å²) in [4.78, 5) is 4.28. The molecule has 0 aromatic heterocycles. The first-order valence-electron chi connectivity index (χ1n) is 8.12. The zero-order valence-electron chi connectivity index (χ0n) is 15.3. The topological polar surface area (TPSA) is 64.1 Å². The van der Waals surface area contributed by atoms with Crippen LogP contribution in [0.1, 0.15) is 18.4 Å². The van der Waals surface area contributed by atoms with Crippen LogP contribution in [0, 0.1) is 0 Å². The van der Waals surface area contributed by atoms with Gasteiger partial charge in [-0.05, 0) is 19.3 Å². The molecular weight excluding hydrogens is 433 g/mol. The largest absolute Gasteiger partial charge is 0.496 e. The monoisotopic (exact) mass is 461 g/mol. The molecule has 140 valence electrons. The Hall–Kier alpha value is -1.64. The molecule has 1 aromatic rings. The molecule has 0 amide bonds. The Balaban J connectivity index is 0.00000312. The van der Waals surface area contributed by atoms with Crippen molar-refractivity contribution >= 4 is 29.9 Å². The average Bonchev–Trinajstić information content (AvgIpc) is 3.13. The second-order valence-corrected chi connectivity index (χ2v) is 5.54. The van der Waals surface area contributed by atoms with E-state index in [2.05, 4.69) is 27.8 Å². The zero-order chi connectivity index (χ0) is 17.4. The van der Waals surface area contributed by atoms with Crippen LogP contribution in [0.15, 0.2) is 29.3 Å². The van der Waals surface area contributed by atoms with E-state index >= 15 is 0 Å². The number of ether oxygens (including phenoxy) is 3. The molecule has 0 fully saturated rings. The zero-order valence-corrected chi connectivity index (χ0v) is 17.6. The van der Waals surface area contributed by atoms with Gasteiger partial charge in [-0.25, -0.2) is 0 Å². The van der Waals surface area contributed by atoms with Gasteiger partial charge >= 0.3 is 0 Å². The van der Waals surface area contributed by atoms with Crippen LogP contribution in [-0.2, 0) is 6.42 Å². The van der Waals surface area contributed by atoms with Gasteiger partial charge in [-0.3, -0.25) is 4.99 Å². The molecule has 6 nitrogen and oxygen atoms in total. The molecule has 0 spiro atoms. The highest BCUT2D eigenvalue weighted by Gasteiger charge is 2.14. The third-order valence-electron chi connectivity index (χ3n) is 4.06. The van der Waals surface area contributed by atoms with Crippen molar-refractivity contribution in [1.82, 2.24) is 10.6 Å². The minimum atomic E-state index is 0. The van der Waals surface area contributed by atoms with Crippen LogP contribution in [0.5, 0.6) is 17.2 Å². The first-order chi connectivity index (χ1) is 11.7. The SMILES string of the molecule is CN=C(NCCc1c(OC)cc(OC)cc1OC)NC1CC=CC1.I. The Morgan fingerprint density at radius 1 is 1.08 bits per heavy atom. The molecule has 0 saturated heterocycles. The van der Waals surface area contributed by atoms with Gasteiger partial charge in [-0.15, -0.1) is 24.0 Å². The van der Waals surface area contributed by atoms with Crippen LogP contribution in [0.3, 0.4) is 0 Å². The molecule has 7 heteroatoms. The fourth-order valence-electron chi connectivity index (χ4n) is 2.75. The molecule has 0 bridgehead atoms. The number of nitrogens with zero attached hydrogens (tertiary/aromatic N) is 1. The second kappa shape index (κ2) is 11.1. The van der Waals surface area contributed by atoms with Crippen LogP contribution >= 0.6 is 24.0 Å². The quantitative estimate of drug-likeness (QED) is 0.283. The van der Waals surface area contributed by atoms with E-state index in [-0.39, 0.29) is 24.0 Å². The smallest absolute Gasteiger partial charge is 0.191 e. The number of rotatable bonds is 7. The average molecular weight is 461 g/mol. The minimum absolute atomic E-state index is 0. The molecule has 0 heterocycles. The Morgan fingerprint density at radius 2 is 1.68 bits per heavy atom. The molecule has 1 aliphatic carbocycles. The summed E-state index contributed by atoms with van der Waals surface area (Å²) >= 11 is 0. The van der Waals surface area contributed by atoms with Gasteiger partial charge in [0.1, 0.15) is 17.2 Å². The number of aliphatic imine (C=N–C) groups is 1. The van der Waals surface area contributed by atoms with Crippen molar-refractivity contribution in [3.63, 3.8) is 0 Å². The van der Waals surface area contributed by atoms with E-state index in [4.69, 9.17) is 14.2 Å². The van der Waals surface area contributed by atoms with Crippen LogP contribution in [0.2, 0.25) is 0 Å². The fourth-order valence-corrected chi connectivity index (χ4v) is 2.75. The molecule has 0 aliphatic heterocycles. The van der Waals surface area contributed by atoms with E-state index in [0.29, 0.717) is 11.8 Å². The maximum atomic E-state index is 5.48. The van der Waals surface area contributed by atoms with Gasteiger partial charge in [0.15, 0.2) is 5.96 Å². The lowest BCUT2D eigenvalue weighted by Crippen LogP contribution is -2.43.